The van der Waals surface area contributed by atoms with Gasteiger partial charge in [-0.3, -0.25) is 5.32 Å². The van der Waals surface area contributed by atoms with E-state index in [9.17, 15) is 5.26 Å². The van der Waals surface area contributed by atoms with Crippen LogP contribution in [0.15, 0.2) is 24.3 Å². The smallest absolute Gasteiger partial charge is 0.144 e. The van der Waals surface area contributed by atoms with Crippen molar-refractivity contribution in [3.8, 4) is 11.8 Å². The molecule has 0 amide bonds. The summed E-state index contributed by atoms with van der Waals surface area (Å²) in [5.41, 5.74) is 0.824. The molecule has 2 aliphatic rings. The van der Waals surface area contributed by atoms with Crippen LogP contribution in [0.25, 0.3) is 0 Å². The lowest BCUT2D eigenvalue weighted by atomic mass is 9.96. The zero-order valence-electron chi connectivity index (χ0n) is 12.9. The highest BCUT2D eigenvalue weighted by atomic mass is 16.5. The van der Waals surface area contributed by atoms with E-state index in [4.69, 9.17) is 4.74 Å². The lowest BCUT2D eigenvalue weighted by molar-refractivity contribution is 0.200. The standard InChI is InChI=1S/C18H24N2O/c1-13(2)14-3-9-17(10-4-14)21-12-18(11-19,15-5-6-15)20-16-7-8-16/h3-4,9-10,13,15-16,20H,5-8,12H2,1-2H3. The topological polar surface area (TPSA) is 45.0 Å². The van der Waals surface area contributed by atoms with Gasteiger partial charge in [-0.2, -0.15) is 5.26 Å². The molecule has 0 radical (unpaired) electrons. The highest BCUT2D eigenvalue weighted by Crippen LogP contribution is 2.41. The maximum Gasteiger partial charge on any atom is 0.144 e. The maximum atomic E-state index is 9.67. The normalized spacial score (nSPS) is 20.9. The summed E-state index contributed by atoms with van der Waals surface area (Å²) in [6.07, 6.45) is 4.67. The first-order valence-electron chi connectivity index (χ1n) is 8.05. The number of hydrogen-bond acceptors (Lipinski definition) is 3. The number of ether oxygens (including phenoxy) is 1. The van der Waals surface area contributed by atoms with Gasteiger partial charge >= 0.3 is 0 Å². The van der Waals surface area contributed by atoms with E-state index in [2.05, 4.69) is 37.4 Å². The van der Waals surface area contributed by atoms with Gasteiger partial charge in [0.25, 0.3) is 0 Å². The molecule has 2 fully saturated rings. The third kappa shape index (κ3) is 3.39. The second-order valence-electron chi connectivity index (χ2n) is 6.79. The summed E-state index contributed by atoms with van der Waals surface area (Å²) in [5, 5.41) is 13.2. The minimum Gasteiger partial charge on any atom is -0.491 e. The molecule has 1 aromatic carbocycles. The molecule has 0 aromatic heterocycles. The Labute approximate surface area is 127 Å². The number of nitrogens with zero attached hydrogens (tertiary/aromatic N) is 1. The lowest BCUT2D eigenvalue weighted by Gasteiger charge is -2.28. The van der Waals surface area contributed by atoms with Crippen LogP contribution in [0.2, 0.25) is 0 Å². The van der Waals surface area contributed by atoms with Gasteiger partial charge < -0.3 is 4.74 Å². The van der Waals surface area contributed by atoms with Crippen molar-refractivity contribution in [3.63, 3.8) is 0 Å². The molecule has 1 unspecified atom stereocenters. The van der Waals surface area contributed by atoms with Crippen molar-refractivity contribution in [1.82, 2.24) is 5.32 Å². The number of benzene rings is 1. The third-order valence-corrected chi connectivity index (χ3v) is 4.53. The van der Waals surface area contributed by atoms with Gasteiger partial charge in [0, 0.05) is 6.04 Å². The highest BCUT2D eigenvalue weighted by Gasteiger charge is 2.49. The summed E-state index contributed by atoms with van der Waals surface area (Å²) in [6.45, 7) is 4.82. The van der Waals surface area contributed by atoms with Crippen molar-refractivity contribution in [2.45, 2.75) is 57.0 Å². The van der Waals surface area contributed by atoms with Gasteiger partial charge in [-0.25, -0.2) is 0 Å². The summed E-state index contributed by atoms with van der Waals surface area (Å²) in [6, 6.07) is 11.3. The van der Waals surface area contributed by atoms with E-state index in [-0.39, 0.29) is 0 Å². The van der Waals surface area contributed by atoms with Gasteiger partial charge in [0.2, 0.25) is 0 Å². The molecule has 2 saturated carbocycles. The van der Waals surface area contributed by atoms with Crippen LogP contribution in [-0.2, 0) is 0 Å². The van der Waals surface area contributed by atoms with Crippen LogP contribution in [0.3, 0.4) is 0 Å². The van der Waals surface area contributed by atoms with Gasteiger partial charge in [0.05, 0.1) is 6.07 Å². The largest absolute Gasteiger partial charge is 0.491 e. The Morgan fingerprint density at radius 3 is 2.38 bits per heavy atom. The van der Waals surface area contributed by atoms with Crippen molar-refractivity contribution >= 4 is 0 Å². The summed E-state index contributed by atoms with van der Waals surface area (Å²) in [4.78, 5) is 0. The van der Waals surface area contributed by atoms with E-state index in [0.717, 1.165) is 18.6 Å². The van der Waals surface area contributed by atoms with Crippen LogP contribution in [0.4, 0.5) is 0 Å². The van der Waals surface area contributed by atoms with Crippen molar-refractivity contribution in [2.75, 3.05) is 6.61 Å². The van der Waals surface area contributed by atoms with Gasteiger partial charge in [-0.1, -0.05) is 26.0 Å². The first-order chi connectivity index (χ1) is 10.1. The molecular formula is C18H24N2O. The second-order valence-corrected chi connectivity index (χ2v) is 6.79. The van der Waals surface area contributed by atoms with Crippen LogP contribution in [0, 0.1) is 17.2 Å². The monoisotopic (exact) mass is 284 g/mol. The molecule has 0 spiro atoms. The fourth-order valence-corrected chi connectivity index (χ4v) is 2.75. The quantitative estimate of drug-likeness (QED) is 0.832. The van der Waals surface area contributed by atoms with Crippen LogP contribution in [0.5, 0.6) is 5.75 Å². The molecule has 0 saturated heterocycles. The average molecular weight is 284 g/mol. The number of nitriles is 1. The second kappa shape index (κ2) is 5.69. The predicted molar refractivity (Wildman–Crippen MR) is 83.3 cm³/mol. The summed E-state index contributed by atoms with van der Waals surface area (Å²) < 4.78 is 5.94. The van der Waals surface area contributed by atoms with Crippen molar-refractivity contribution in [2.24, 2.45) is 5.92 Å². The highest BCUT2D eigenvalue weighted by molar-refractivity contribution is 5.29. The van der Waals surface area contributed by atoms with Crippen molar-refractivity contribution in [1.29, 1.82) is 5.26 Å². The third-order valence-electron chi connectivity index (χ3n) is 4.53. The molecule has 1 aromatic rings. The van der Waals surface area contributed by atoms with E-state index in [1.807, 2.05) is 12.1 Å². The van der Waals surface area contributed by atoms with Gasteiger partial charge in [-0.15, -0.1) is 0 Å². The van der Waals surface area contributed by atoms with Crippen LogP contribution in [-0.4, -0.2) is 18.2 Å². The Hall–Kier alpha value is -1.53. The Morgan fingerprint density at radius 1 is 1.24 bits per heavy atom. The number of nitrogens with one attached hydrogen (secondary N) is 1. The summed E-state index contributed by atoms with van der Waals surface area (Å²) in [7, 11) is 0. The molecule has 3 heteroatoms. The number of hydrogen-bond donors (Lipinski definition) is 1. The van der Waals surface area contributed by atoms with E-state index in [0.29, 0.717) is 24.5 Å². The fraction of sp³-hybridized carbons (Fsp3) is 0.611. The van der Waals surface area contributed by atoms with E-state index in [1.54, 1.807) is 0 Å². The molecule has 0 aliphatic heterocycles. The zero-order chi connectivity index (χ0) is 14.9. The molecule has 112 valence electrons. The lowest BCUT2D eigenvalue weighted by Crippen LogP contribution is -2.52. The van der Waals surface area contributed by atoms with E-state index < -0.39 is 5.54 Å². The minimum atomic E-state index is -0.488. The van der Waals surface area contributed by atoms with Gasteiger partial charge in [-0.05, 0) is 55.2 Å². The maximum absolute atomic E-state index is 9.67. The minimum absolute atomic E-state index is 0.450. The summed E-state index contributed by atoms with van der Waals surface area (Å²) in [5.74, 6) is 1.84. The zero-order valence-corrected chi connectivity index (χ0v) is 12.9. The van der Waals surface area contributed by atoms with Crippen LogP contribution < -0.4 is 10.1 Å². The molecule has 3 nitrogen and oxygen atoms in total. The Kier molecular flexibility index (Phi) is 3.91. The molecule has 1 N–H and O–H groups in total. The molecule has 0 heterocycles. The van der Waals surface area contributed by atoms with E-state index >= 15 is 0 Å². The van der Waals surface area contributed by atoms with Crippen molar-refractivity contribution < 1.29 is 4.74 Å². The first kappa shape index (κ1) is 14.4. The fourth-order valence-electron chi connectivity index (χ4n) is 2.75. The van der Waals surface area contributed by atoms with Crippen molar-refractivity contribution in [3.05, 3.63) is 29.8 Å². The molecule has 21 heavy (non-hydrogen) atoms. The molecule has 0 bridgehead atoms. The molecule has 2 aliphatic carbocycles. The number of rotatable bonds is 7. The van der Waals surface area contributed by atoms with Gasteiger partial charge in [0.15, 0.2) is 0 Å². The molecule has 3 rings (SSSR count). The SMILES string of the molecule is CC(C)c1ccc(OCC(C#N)(NC2CC2)C2CC2)cc1. The predicted octanol–water partition coefficient (Wildman–Crippen LogP) is 3.61. The Morgan fingerprint density at radius 2 is 1.90 bits per heavy atom. The molecule has 1 atom stereocenters. The average Bonchev–Trinajstić information content (AvgIpc) is 3.37. The molecular weight excluding hydrogens is 260 g/mol. The van der Waals surface area contributed by atoms with Crippen LogP contribution in [0.1, 0.15) is 51.0 Å². The Bertz CT molecular complexity index is 523. The van der Waals surface area contributed by atoms with Crippen LogP contribution >= 0.6 is 0 Å². The first-order valence-corrected chi connectivity index (χ1v) is 8.05. The Balaban J connectivity index is 1.64. The summed E-state index contributed by atoms with van der Waals surface area (Å²) >= 11 is 0. The van der Waals surface area contributed by atoms with E-state index in [1.165, 1.54) is 18.4 Å². The van der Waals surface area contributed by atoms with Gasteiger partial charge in [0.1, 0.15) is 17.9 Å².